The van der Waals surface area contributed by atoms with E-state index >= 15 is 0 Å². The lowest BCUT2D eigenvalue weighted by atomic mass is 9.32. The first-order chi connectivity index (χ1) is 22.3. The molecule has 0 spiro atoms. The van der Waals surface area contributed by atoms with Gasteiger partial charge in [0.25, 0.3) is 6.71 Å². The van der Waals surface area contributed by atoms with Crippen molar-refractivity contribution in [3.05, 3.63) is 182 Å². The van der Waals surface area contributed by atoms with Crippen molar-refractivity contribution in [3.63, 3.8) is 0 Å². The summed E-state index contributed by atoms with van der Waals surface area (Å²) < 4.78 is 0. The third-order valence-electron chi connectivity index (χ3n) is 8.56. The Labute approximate surface area is 264 Å². The molecule has 0 unspecified atom stereocenters. The van der Waals surface area contributed by atoms with Gasteiger partial charge >= 0.3 is 0 Å². The zero-order valence-corrected chi connectivity index (χ0v) is 24.7. The summed E-state index contributed by atoms with van der Waals surface area (Å²) in [5.74, 6) is 0.716. The van der Waals surface area contributed by atoms with Gasteiger partial charge in [-0.15, -0.1) is 0 Å². The standard InChI is InChI=1S/C40H29BN4/c1-2-3-19-35-38(29-23-25-30(26-24-29)40-42-27-13-28-43-40)41-33-18-10-11-20-34(33)44(31-14-6-4-7-15-31)36-21-12-22-37(39(36)41)45(35)32-16-8-5-9-17-32/h2-28H,1H2/b19-3-. The van der Waals surface area contributed by atoms with Crippen molar-refractivity contribution in [3.8, 4) is 11.4 Å². The van der Waals surface area contributed by atoms with Gasteiger partial charge in [0.2, 0.25) is 0 Å². The Morgan fingerprint density at radius 2 is 1.13 bits per heavy atom. The van der Waals surface area contributed by atoms with Crippen LogP contribution in [0.2, 0.25) is 0 Å². The number of para-hydroxylation sites is 3. The smallest absolute Gasteiger partial charge is 0.252 e. The SMILES string of the molecule is C=C/C=C\C1=C(c2ccc(-c3ncccn3)cc2)B2c3ccccc3N(c3ccccc3)c3cccc(c32)N1c1ccccc1. The first kappa shape index (κ1) is 26.7. The number of hydrogen-bond donors (Lipinski definition) is 0. The molecule has 0 atom stereocenters. The van der Waals surface area contributed by atoms with Crippen molar-refractivity contribution in [1.29, 1.82) is 0 Å². The second-order valence-corrected chi connectivity index (χ2v) is 11.1. The van der Waals surface area contributed by atoms with Crippen molar-refractivity contribution in [2.24, 2.45) is 0 Å². The van der Waals surface area contributed by atoms with Gasteiger partial charge in [-0.25, -0.2) is 9.97 Å². The Bertz CT molecular complexity index is 2070. The molecule has 1 aromatic heterocycles. The Balaban J connectivity index is 1.44. The molecular formula is C40H29BN4. The molecule has 0 radical (unpaired) electrons. The second kappa shape index (κ2) is 11.3. The molecule has 0 amide bonds. The van der Waals surface area contributed by atoms with E-state index in [1.165, 1.54) is 33.5 Å². The average Bonchev–Trinajstić information content (AvgIpc) is 3.12. The highest BCUT2D eigenvalue weighted by Crippen LogP contribution is 2.46. The molecule has 5 aromatic carbocycles. The Morgan fingerprint density at radius 1 is 0.556 bits per heavy atom. The van der Waals surface area contributed by atoms with Gasteiger partial charge in [-0.3, -0.25) is 0 Å². The molecule has 2 aliphatic rings. The fourth-order valence-corrected chi connectivity index (χ4v) is 6.74. The predicted molar refractivity (Wildman–Crippen MR) is 188 cm³/mol. The van der Waals surface area contributed by atoms with Gasteiger partial charge in [-0.1, -0.05) is 104 Å². The van der Waals surface area contributed by atoms with E-state index in [0.29, 0.717) is 5.82 Å². The molecule has 0 saturated heterocycles. The normalized spacial score (nSPS) is 13.6. The Kier molecular flexibility index (Phi) is 6.69. The van der Waals surface area contributed by atoms with E-state index in [9.17, 15) is 0 Å². The summed E-state index contributed by atoms with van der Waals surface area (Å²) >= 11 is 0. The molecule has 8 rings (SSSR count). The minimum absolute atomic E-state index is 0.00406. The van der Waals surface area contributed by atoms with Crippen LogP contribution in [0.15, 0.2) is 176 Å². The van der Waals surface area contributed by atoms with Crippen LogP contribution in [-0.2, 0) is 0 Å². The predicted octanol–water partition coefficient (Wildman–Crippen LogP) is 8.38. The molecule has 212 valence electrons. The lowest BCUT2D eigenvalue weighted by molar-refractivity contribution is 1.17. The number of allylic oxidation sites excluding steroid dienone is 3. The van der Waals surface area contributed by atoms with Crippen molar-refractivity contribution in [1.82, 2.24) is 9.97 Å². The summed E-state index contributed by atoms with van der Waals surface area (Å²) in [5, 5.41) is 0. The van der Waals surface area contributed by atoms with Crippen molar-refractivity contribution in [2.75, 3.05) is 9.80 Å². The van der Waals surface area contributed by atoms with E-state index in [0.717, 1.165) is 28.2 Å². The van der Waals surface area contributed by atoms with Crippen LogP contribution in [-0.4, -0.2) is 16.7 Å². The summed E-state index contributed by atoms with van der Waals surface area (Å²) in [7, 11) is 0. The molecule has 5 heteroatoms. The molecule has 4 nitrogen and oxygen atoms in total. The van der Waals surface area contributed by atoms with E-state index in [-0.39, 0.29) is 6.71 Å². The number of rotatable bonds is 6. The van der Waals surface area contributed by atoms with Crippen LogP contribution in [0.4, 0.5) is 28.4 Å². The summed E-state index contributed by atoms with van der Waals surface area (Å²) in [6.45, 7) is 4.02. The summed E-state index contributed by atoms with van der Waals surface area (Å²) in [6, 6.07) is 47.4. The maximum Gasteiger partial charge on any atom is 0.252 e. The Hall–Kier alpha value is -5.94. The van der Waals surface area contributed by atoms with Gasteiger partial charge in [0, 0.05) is 52.1 Å². The number of aromatic nitrogens is 2. The lowest BCUT2D eigenvalue weighted by Crippen LogP contribution is -2.55. The summed E-state index contributed by atoms with van der Waals surface area (Å²) in [4.78, 5) is 13.8. The molecule has 0 N–H and O–H groups in total. The fraction of sp³-hybridized carbons (Fsp3) is 0. The maximum atomic E-state index is 4.49. The van der Waals surface area contributed by atoms with Crippen LogP contribution in [0.25, 0.3) is 16.9 Å². The lowest BCUT2D eigenvalue weighted by Gasteiger charge is -2.44. The molecule has 2 aliphatic heterocycles. The van der Waals surface area contributed by atoms with E-state index in [1.54, 1.807) is 12.4 Å². The first-order valence-corrected chi connectivity index (χ1v) is 15.2. The van der Waals surface area contributed by atoms with Crippen molar-refractivity contribution >= 4 is 51.5 Å². The monoisotopic (exact) mass is 576 g/mol. The average molecular weight is 577 g/mol. The van der Waals surface area contributed by atoms with E-state index in [2.05, 4.69) is 160 Å². The van der Waals surface area contributed by atoms with Gasteiger partial charge in [0.05, 0.1) is 0 Å². The largest absolute Gasteiger partial charge is 0.311 e. The number of nitrogens with zero attached hydrogens (tertiary/aromatic N) is 4. The fourth-order valence-electron chi connectivity index (χ4n) is 6.74. The molecular weight excluding hydrogens is 547 g/mol. The van der Waals surface area contributed by atoms with Crippen LogP contribution >= 0.6 is 0 Å². The zero-order valence-electron chi connectivity index (χ0n) is 24.7. The molecule has 0 bridgehead atoms. The Morgan fingerprint density at radius 3 is 1.82 bits per heavy atom. The maximum absolute atomic E-state index is 4.49. The van der Waals surface area contributed by atoms with Crippen LogP contribution in [0, 0.1) is 0 Å². The number of anilines is 5. The van der Waals surface area contributed by atoms with Gasteiger partial charge in [0.15, 0.2) is 5.82 Å². The van der Waals surface area contributed by atoms with Gasteiger partial charge < -0.3 is 9.80 Å². The highest BCUT2D eigenvalue weighted by atomic mass is 15.2. The molecule has 3 heterocycles. The first-order valence-electron chi connectivity index (χ1n) is 15.2. The van der Waals surface area contributed by atoms with Crippen LogP contribution in [0.1, 0.15) is 5.56 Å². The molecule has 0 fully saturated rings. The van der Waals surface area contributed by atoms with E-state index in [1.807, 2.05) is 18.2 Å². The third kappa shape index (κ3) is 4.49. The van der Waals surface area contributed by atoms with Crippen LogP contribution in [0.5, 0.6) is 0 Å². The number of benzene rings is 5. The van der Waals surface area contributed by atoms with Gasteiger partial charge in [-0.05, 0) is 76.6 Å². The third-order valence-corrected chi connectivity index (χ3v) is 8.56. The van der Waals surface area contributed by atoms with Crippen LogP contribution < -0.4 is 20.7 Å². The van der Waals surface area contributed by atoms with E-state index < -0.39 is 0 Å². The topological polar surface area (TPSA) is 32.3 Å². The number of hydrogen-bond acceptors (Lipinski definition) is 4. The number of fused-ring (bicyclic) bond motifs is 2. The minimum Gasteiger partial charge on any atom is -0.311 e. The summed E-state index contributed by atoms with van der Waals surface area (Å²) in [5.41, 5.74) is 12.8. The van der Waals surface area contributed by atoms with Crippen LogP contribution in [0.3, 0.4) is 0 Å². The molecule has 6 aromatic rings. The van der Waals surface area contributed by atoms with Crippen molar-refractivity contribution < 1.29 is 0 Å². The highest BCUT2D eigenvalue weighted by molar-refractivity contribution is 7.03. The molecule has 0 saturated carbocycles. The minimum atomic E-state index is -0.00406. The quantitative estimate of drug-likeness (QED) is 0.147. The van der Waals surface area contributed by atoms with Crippen molar-refractivity contribution in [2.45, 2.75) is 0 Å². The summed E-state index contributed by atoms with van der Waals surface area (Å²) in [6.07, 6.45) is 9.65. The zero-order chi connectivity index (χ0) is 30.2. The molecule has 0 aliphatic carbocycles. The van der Waals surface area contributed by atoms with E-state index in [4.69, 9.17) is 0 Å². The van der Waals surface area contributed by atoms with Gasteiger partial charge in [-0.2, -0.15) is 0 Å². The molecule has 45 heavy (non-hydrogen) atoms. The second-order valence-electron chi connectivity index (χ2n) is 11.1. The van der Waals surface area contributed by atoms with Gasteiger partial charge in [0.1, 0.15) is 0 Å². The highest BCUT2D eigenvalue weighted by Gasteiger charge is 2.44.